The van der Waals surface area contributed by atoms with Crippen molar-refractivity contribution in [3.63, 3.8) is 0 Å². The third-order valence-corrected chi connectivity index (χ3v) is 8.64. The second-order valence-corrected chi connectivity index (χ2v) is 11.2. The largest absolute Gasteiger partial charge is 0.344 e. The highest BCUT2D eigenvalue weighted by Gasteiger charge is 2.36. The van der Waals surface area contributed by atoms with Gasteiger partial charge in [-0.2, -0.15) is 0 Å². The minimum atomic E-state index is -0.326. The molecule has 1 N–H and O–H groups in total. The first-order valence-corrected chi connectivity index (χ1v) is 13.2. The van der Waals surface area contributed by atoms with Crippen LogP contribution in [0, 0.1) is 5.41 Å². The number of piperidine rings is 1. The standard InChI is InChI=1S/C26H33N5O2S/c1-26(9-5-4-6-10-26)23(32)19-14-27-24-22(19)29-20(15-28-24)17-13-21(34-16-17)25(33)31-11-7-18(8-12-31)30(2)3/h13-16,18H,4-12H2,1-3H3,(H,27,28). The Morgan fingerprint density at radius 1 is 1.18 bits per heavy atom. The third kappa shape index (κ3) is 4.29. The van der Waals surface area contributed by atoms with Crippen LogP contribution in [0.1, 0.15) is 71.9 Å². The molecule has 1 saturated heterocycles. The molecule has 7 nitrogen and oxygen atoms in total. The van der Waals surface area contributed by atoms with Crippen molar-refractivity contribution < 1.29 is 9.59 Å². The second-order valence-electron chi connectivity index (χ2n) is 10.3. The average Bonchev–Trinajstić information content (AvgIpc) is 3.51. The first-order chi connectivity index (χ1) is 16.4. The zero-order chi connectivity index (χ0) is 23.9. The number of aromatic nitrogens is 3. The lowest BCUT2D eigenvalue weighted by molar-refractivity contribution is 0.0667. The van der Waals surface area contributed by atoms with Crippen LogP contribution in [0.2, 0.25) is 0 Å². The Morgan fingerprint density at radius 2 is 1.91 bits per heavy atom. The summed E-state index contributed by atoms with van der Waals surface area (Å²) in [6, 6.07) is 2.45. The van der Waals surface area contributed by atoms with Gasteiger partial charge in [-0.1, -0.05) is 26.2 Å². The summed E-state index contributed by atoms with van der Waals surface area (Å²) >= 11 is 1.45. The van der Waals surface area contributed by atoms with Crippen molar-refractivity contribution >= 4 is 34.2 Å². The van der Waals surface area contributed by atoms with Gasteiger partial charge in [-0.3, -0.25) is 9.59 Å². The Bertz CT molecular complexity index is 1200. The summed E-state index contributed by atoms with van der Waals surface area (Å²) in [6.07, 6.45) is 10.7. The van der Waals surface area contributed by atoms with Crippen molar-refractivity contribution in [3.05, 3.63) is 34.3 Å². The van der Waals surface area contributed by atoms with Gasteiger partial charge in [-0.05, 0) is 45.8 Å². The minimum Gasteiger partial charge on any atom is -0.344 e. The van der Waals surface area contributed by atoms with Crippen molar-refractivity contribution in [2.75, 3.05) is 27.2 Å². The molecular formula is C26H33N5O2S. The number of fused-ring (bicyclic) bond motifs is 1. The maximum atomic E-state index is 13.4. The van der Waals surface area contributed by atoms with E-state index in [1.165, 1.54) is 17.8 Å². The lowest BCUT2D eigenvalue weighted by Gasteiger charge is -2.35. The molecule has 0 aromatic carbocycles. The van der Waals surface area contributed by atoms with E-state index in [2.05, 4.69) is 35.9 Å². The van der Waals surface area contributed by atoms with Gasteiger partial charge >= 0.3 is 0 Å². The molecule has 0 spiro atoms. The number of amides is 1. The van der Waals surface area contributed by atoms with Crippen LogP contribution < -0.4 is 0 Å². The van der Waals surface area contributed by atoms with Crippen molar-refractivity contribution in [3.8, 4) is 11.3 Å². The van der Waals surface area contributed by atoms with Crippen molar-refractivity contribution in [2.45, 2.75) is 57.9 Å². The highest BCUT2D eigenvalue weighted by molar-refractivity contribution is 7.12. The fourth-order valence-electron chi connectivity index (χ4n) is 5.41. The van der Waals surface area contributed by atoms with E-state index in [0.29, 0.717) is 28.5 Å². The normalized spacial score (nSPS) is 19.1. The molecule has 3 aromatic heterocycles. The number of carbonyl (C=O) groups excluding carboxylic acids is 2. The molecule has 5 rings (SSSR count). The molecule has 34 heavy (non-hydrogen) atoms. The number of nitrogens with zero attached hydrogens (tertiary/aromatic N) is 4. The summed E-state index contributed by atoms with van der Waals surface area (Å²) in [7, 11) is 4.20. The molecule has 8 heteroatoms. The van der Waals surface area contributed by atoms with E-state index < -0.39 is 0 Å². The lowest BCUT2D eigenvalue weighted by atomic mass is 9.71. The van der Waals surface area contributed by atoms with Crippen LogP contribution in [0.4, 0.5) is 0 Å². The van der Waals surface area contributed by atoms with Crippen LogP contribution in [0.3, 0.4) is 0 Å². The number of hydrogen-bond acceptors (Lipinski definition) is 6. The first-order valence-electron chi connectivity index (χ1n) is 12.3. The molecule has 0 radical (unpaired) electrons. The van der Waals surface area contributed by atoms with Crippen LogP contribution in [-0.4, -0.2) is 69.7 Å². The van der Waals surface area contributed by atoms with Gasteiger partial charge in [0.1, 0.15) is 5.52 Å². The number of likely N-dealkylation sites (tertiary alicyclic amines) is 1. The molecular weight excluding hydrogens is 446 g/mol. The topological polar surface area (TPSA) is 82.2 Å². The van der Waals surface area contributed by atoms with Crippen molar-refractivity contribution in [1.29, 1.82) is 0 Å². The van der Waals surface area contributed by atoms with Gasteiger partial charge in [0.25, 0.3) is 5.91 Å². The van der Waals surface area contributed by atoms with E-state index in [1.807, 2.05) is 16.3 Å². The van der Waals surface area contributed by atoms with Gasteiger partial charge in [0.15, 0.2) is 11.4 Å². The molecule has 180 valence electrons. The van der Waals surface area contributed by atoms with E-state index >= 15 is 0 Å². The Labute approximate surface area is 204 Å². The second kappa shape index (κ2) is 9.23. The predicted molar refractivity (Wildman–Crippen MR) is 135 cm³/mol. The molecule has 1 aliphatic heterocycles. The molecule has 2 fully saturated rings. The Balaban J connectivity index is 1.37. The van der Waals surface area contributed by atoms with Gasteiger partial charge in [-0.25, -0.2) is 9.97 Å². The lowest BCUT2D eigenvalue weighted by Crippen LogP contribution is -2.44. The van der Waals surface area contributed by atoms with Gasteiger partial charge in [0.2, 0.25) is 0 Å². The maximum Gasteiger partial charge on any atom is 0.263 e. The highest BCUT2D eigenvalue weighted by atomic mass is 32.1. The number of aromatic amines is 1. The molecule has 0 atom stereocenters. The van der Waals surface area contributed by atoms with E-state index in [4.69, 9.17) is 4.98 Å². The smallest absolute Gasteiger partial charge is 0.263 e. The Hall–Kier alpha value is -2.58. The minimum absolute atomic E-state index is 0.0882. The Kier molecular flexibility index (Phi) is 6.29. The van der Waals surface area contributed by atoms with Gasteiger partial charge in [0.05, 0.1) is 22.3 Å². The number of hydrogen-bond donors (Lipinski definition) is 1. The molecule has 1 amide bonds. The number of ketones is 1. The molecule has 3 aromatic rings. The van der Waals surface area contributed by atoms with Crippen molar-refractivity contribution in [1.82, 2.24) is 24.8 Å². The van der Waals surface area contributed by atoms with E-state index in [-0.39, 0.29) is 17.1 Å². The number of nitrogens with one attached hydrogen (secondary N) is 1. The maximum absolute atomic E-state index is 13.4. The van der Waals surface area contributed by atoms with E-state index in [1.54, 1.807) is 12.4 Å². The van der Waals surface area contributed by atoms with Crippen molar-refractivity contribution in [2.24, 2.45) is 5.41 Å². The van der Waals surface area contributed by atoms with Crippen LogP contribution in [-0.2, 0) is 0 Å². The zero-order valence-corrected chi connectivity index (χ0v) is 21.1. The molecule has 1 aliphatic carbocycles. The molecule has 0 bridgehead atoms. The summed E-state index contributed by atoms with van der Waals surface area (Å²) in [4.78, 5) is 43.9. The summed E-state index contributed by atoms with van der Waals surface area (Å²) in [5.74, 6) is 0.248. The fraction of sp³-hybridized carbons (Fsp3) is 0.538. The monoisotopic (exact) mass is 479 g/mol. The van der Waals surface area contributed by atoms with Crippen LogP contribution in [0.25, 0.3) is 22.4 Å². The highest BCUT2D eigenvalue weighted by Crippen LogP contribution is 2.39. The number of rotatable bonds is 5. The van der Waals surface area contributed by atoms with E-state index in [9.17, 15) is 9.59 Å². The average molecular weight is 480 g/mol. The van der Waals surface area contributed by atoms with E-state index in [0.717, 1.165) is 62.1 Å². The number of Topliss-reactive ketones (excluding diaryl/α,β-unsaturated/α-hetero) is 1. The fourth-order valence-corrected chi connectivity index (χ4v) is 6.28. The number of thiophene rings is 1. The zero-order valence-electron chi connectivity index (χ0n) is 20.3. The molecule has 4 heterocycles. The summed E-state index contributed by atoms with van der Waals surface area (Å²) in [5, 5.41) is 1.96. The molecule has 1 saturated carbocycles. The quantitative estimate of drug-likeness (QED) is 0.521. The molecule has 2 aliphatic rings. The molecule has 0 unspecified atom stereocenters. The van der Waals surface area contributed by atoms with Gasteiger partial charge in [-0.15, -0.1) is 11.3 Å². The van der Waals surface area contributed by atoms with Crippen LogP contribution in [0.5, 0.6) is 0 Å². The number of H-pyrrole nitrogens is 1. The van der Waals surface area contributed by atoms with Crippen LogP contribution in [0.15, 0.2) is 23.8 Å². The SMILES string of the molecule is CN(C)C1CCN(C(=O)c2cc(-c3cnc4[nH]cc(C(=O)C5(C)CCCCC5)c4n3)cs2)CC1. The third-order valence-electron chi connectivity index (χ3n) is 7.72. The summed E-state index contributed by atoms with van der Waals surface area (Å²) in [5.41, 5.74) is 3.11. The summed E-state index contributed by atoms with van der Waals surface area (Å²) < 4.78 is 0. The van der Waals surface area contributed by atoms with Gasteiger partial charge in [0, 0.05) is 41.7 Å². The van der Waals surface area contributed by atoms with Crippen LogP contribution >= 0.6 is 11.3 Å². The first kappa shape index (κ1) is 23.2. The Morgan fingerprint density at radius 3 is 2.62 bits per heavy atom. The van der Waals surface area contributed by atoms with Gasteiger partial charge < -0.3 is 14.8 Å². The predicted octanol–water partition coefficient (Wildman–Crippen LogP) is 5.01. The summed E-state index contributed by atoms with van der Waals surface area (Å²) in [6.45, 7) is 3.66. The number of carbonyl (C=O) groups is 2.